The van der Waals surface area contributed by atoms with E-state index in [4.69, 9.17) is 9.47 Å². The van der Waals surface area contributed by atoms with Crippen LogP contribution in [-0.4, -0.2) is 45.7 Å². The van der Waals surface area contributed by atoms with Crippen LogP contribution in [0.5, 0.6) is 5.75 Å². The Morgan fingerprint density at radius 1 is 1.17 bits per heavy atom. The van der Waals surface area contributed by atoms with E-state index < -0.39 is 0 Å². The maximum absolute atomic E-state index is 11.9. The summed E-state index contributed by atoms with van der Waals surface area (Å²) >= 11 is 0. The van der Waals surface area contributed by atoms with Crippen molar-refractivity contribution in [1.29, 1.82) is 0 Å². The smallest absolute Gasteiger partial charge is 0.225 e. The van der Waals surface area contributed by atoms with Crippen LogP contribution in [0.2, 0.25) is 0 Å². The molecule has 0 aliphatic carbocycles. The van der Waals surface area contributed by atoms with Gasteiger partial charge in [0.1, 0.15) is 5.75 Å². The molecule has 0 spiro atoms. The Bertz CT molecular complexity index is 853. The molecule has 0 saturated heterocycles. The van der Waals surface area contributed by atoms with Gasteiger partial charge >= 0.3 is 0 Å². The van der Waals surface area contributed by atoms with E-state index in [0.29, 0.717) is 38.7 Å². The summed E-state index contributed by atoms with van der Waals surface area (Å²) in [5, 5.41) is 9.48. The van der Waals surface area contributed by atoms with Crippen LogP contribution in [-0.2, 0) is 16.1 Å². The number of methoxy groups -OCH3 is 1. The summed E-state index contributed by atoms with van der Waals surface area (Å²) in [5.41, 5.74) is 3.06. The predicted octanol–water partition coefficient (Wildman–Crippen LogP) is 2.50. The molecule has 1 atom stereocenters. The summed E-state index contributed by atoms with van der Waals surface area (Å²) in [6.45, 7) is 2.28. The van der Waals surface area contributed by atoms with E-state index in [2.05, 4.69) is 27.0 Å². The van der Waals surface area contributed by atoms with Gasteiger partial charge in [0.2, 0.25) is 5.91 Å². The maximum atomic E-state index is 11.9. The first-order chi connectivity index (χ1) is 14.2. The van der Waals surface area contributed by atoms with Gasteiger partial charge in [-0.1, -0.05) is 36.4 Å². The lowest BCUT2D eigenvalue weighted by molar-refractivity contribution is -0.116. The first-order valence-electron chi connectivity index (χ1n) is 9.74. The van der Waals surface area contributed by atoms with Crippen molar-refractivity contribution in [2.24, 2.45) is 4.99 Å². The molecule has 0 aromatic heterocycles. The minimum Gasteiger partial charge on any atom is -0.496 e. The second-order valence-corrected chi connectivity index (χ2v) is 6.78. The van der Waals surface area contributed by atoms with Crippen LogP contribution >= 0.6 is 0 Å². The number of ether oxygens (including phenoxy) is 2. The molecule has 0 fully saturated rings. The monoisotopic (exact) mass is 396 g/mol. The Morgan fingerprint density at radius 2 is 1.97 bits per heavy atom. The third-order valence-electron chi connectivity index (χ3n) is 4.83. The Morgan fingerprint density at radius 3 is 2.79 bits per heavy atom. The predicted molar refractivity (Wildman–Crippen MR) is 114 cm³/mol. The molecular formula is C22H28N4O3. The van der Waals surface area contributed by atoms with Crippen molar-refractivity contribution >= 4 is 17.6 Å². The summed E-state index contributed by atoms with van der Waals surface area (Å²) in [5.74, 6) is 1.67. The van der Waals surface area contributed by atoms with Crippen molar-refractivity contribution in [1.82, 2.24) is 10.6 Å². The number of para-hydroxylation sites is 2. The van der Waals surface area contributed by atoms with Gasteiger partial charge in [0.05, 0.1) is 20.3 Å². The number of hydrogen-bond acceptors (Lipinski definition) is 4. The Labute approximate surface area is 171 Å². The van der Waals surface area contributed by atoms with Gasteiger partial charge in [0, 0.05) is 43.7 Å². The number of nitrogens with zero attached hydrogens (tertiary/aromatic N) is 1. The van der Waals surface area contributed by atoms with Crippen molar-refractivity contribution in [2.45, 2.75) is 18.9 Å². The average Bonchev–Trinajstić information content (AvgIpc) is 2.75. The quantitative estimate of drug-likeness (QED) is 0.363. The lowest BCUT2D eigenvalue weighted by Crippen LogP contribution is -2.41. The van der Waals surface area contributed by atoms with Crippen LogP contribution in [0.25, 0.3) is 0 Å². The van der Waals surface area contributed by atoms with Crippen molar-refractivity contribution in [3.05, 3.63) is 59.7 Å². The van der Waals surface area contributed by atoms with E-state index in [0.717, 1.165) is 22.6 Å². The van der Waals surface area contributed by atoms with Crippen molar-refractivity contribution in [3.8, 4) is 5.75 Å². The van der Waals surface area contributed by atoms with Crippen molar-refractivity contribution in [3.63, 3.8) is 0 Å². The van der Waals surface area contributed by atoms with E-state index >= 15 is 0 Å². The highest BCUT2D eigenvalue weighted by Gasteiger charge is 2.24. The molecule has 1 amide bonds. The van der Waals surface area contributed by atoms with Gasteiger partial charge in [-0.15, -0.1) is 0 Å². The third-order valence-corrected chi connectivity index (χ3v) is 4.83. The fraction of sp³-hybridized carbons (Fsp3) is 0.364. The van der Waals surface area contributed by atoms with Crippen LogP contribution < -0.4 is 20.7 Å². The van der Waals surface area contributed by atoms with Gasteiger partial charge in [0.25, 0.3) is 0 Å². The van der Waals surface area contributed by atoms with E-state index in [1.54, 1.807) is 14.2 Å². The van der Waals surface area contributed by atoms with Gasteiger partial charge in [-0.25, -0.2) is 0 Å². The molecule has 3 rings (SSSR count). The number of benzene rings is 2. The van der Waals surface area contributed by atoms with Gasteiger partial charge < -0.3 is 25.4 Å². The number of nitrogens with one attached hydrogen (secondary N) is 3. The largest absolute Gasteiger partial charge is 0.496 e. The lowest BCUT2D eigenvalue weighted by Gasteiger charge is -2.26. The molecule has 2 aromatic rings. The van der Waals surface area contributed by atoms with Crippen LogP contribution in [0, 0.1) is 0 Å². The van der Waals surface area contributed by atoms with E-state index in [1.165, 1.54) is 0 Å². The van der Waals surface area contributed by atoms with Crippen LogP contribution in [0.1, 0.15) is 23.5 Å². The topological polar surface area (TPSA) is 84.0 Å². The SMILES string of the molecule is CN=C(NCCOCc1ccccc1OC)NCC1CC(=O)Nc2ccccc21. The van der Waals surface area contributed by atoms with Crippen LogP contribution in [0.4, 0.5) is 5.69 Å². The molecule has 7 heteroatoms. The van der Waals surface area contributed by atoms with Gasteiger partial charge in [-0.05, 0) is 17.7 Å². The number of carbonyl (C=O) groups is 1. The number of amides is 1. The summed E-state index contributed by atoms with van der Waals surface area (Å²) < 4.78 is 11.1. The number of carbonyl (C=O) groups excluding carboxylic acids is 1. The molecule has 1 heterocycles. The standard InChI is InChI=1S/C22H28N4O3/c1-23-22(24-11-12-29-15-16-7-3-6-10-20(16)28-2)25-14-17-13-21(27)26-19-9-5-4-8-18(17)19/h3-10,17H,11-15H2,1-2H3,(H,26,27)(H2,23,24,25). The molecule has 0 saturated carbocycles. The van der Waals surface area contributed by atoms with Crippen molar-refractivity contribution < 1.29 is 14.3 Å². The van der Waals surface area contributed by atoms with E-state index in [9.17, 15) is 4.79 Å². The minimum absolute atomic E-state index is 0.0446. The van der Waals surface area contributed by atoms with Crippen LogP contribution in [0.15, 0.2) is 53.5 Å². The molecule has 1 unspecified atom stereocenters. The molecule has 3 N–H and O–H groups in total. The first-order valence-corrected chi connectivity index (χ1v) is 9.74. The highest BCUT2D eigenvalue weighted by molar-refractivity contribution is 5.94. The highest BCUT2D eigenvalue weighted by Crippen LogP contribution is 2.31. The molecule has 154 valence electrons. The second-order valence-electron chi connectivity index (χ2n) is 6.78. The third kappa shape index (κ3) is 5.71. The molecule has 0 radical (unpaired) electrons. The van der Waals surface area contributed by atoms with E-state index in [-0.39, 0.29) is 11.8 Å². The van der Waals surface area contributed by atoms with E-state index in [1.807, 2.05) is 42.5 Å². The highest BCUT2D eigenvalue weighted by atomic mass is 16.5. The van der Waals surface area contributed by atoms with Gasteiger partial charge in [-0.3, -0.25) is 9.79 Å². The molecule has 1 aliphatic rings. The lowest BCUT2D eigenvalue weighted by atomic mass is 9.90. The number of fused-ring (bicyclic) bond motifs is 1. The fourth-order valence-corrected chi connectivity index (χ4v) is 3.37. The number of guanidine groups is 1. The summed E-state index contributed by atoms with van der Waals surface area (Å²) in [6, 6.07) is 15.7. The Hall–Kier alpha value is -3.06. The van der Waals surface area contributed by atoms with Gasteiger partial charge in [0.15, 0.2) is 5.96 Å². The number of aliphatic imine (C=N–C) groups is 1. The number of rotatable bonds is 8. The maximum Gasteiger partial charge on any atom is 0.225 e. The van der Waals surface area contributed by atoms with Gasteiger partial charge in [-0.2, -0.15) is 0 Å². The summed E-state index contributed by atoms with van der Waals surface area (Å²) in [4.78, 5) is 16.2. The molecule has 29 heavy (non-hydrogen) atoms. The number of hydrogen-bond donors (Lipinski definition) is 3. The molecule has 1 aliphatic heterocycles. The Kier molecular flexibility index (Phi) is 7.47. The molecular weight excluding hydrogens is 368 g/mol. The summed E-state index contributed by atoms with van der Waals surface area (Å²) in [6.07, 6.45) is 0.461. The van der Waals surface area contributed by atoms with Crippen LogP contribution in [0.3, 0.4) is 0 Å². The number of anilines is 1. The minimum atomic E-state index is 0.0446. The average molecular weight is 396 g/mol. The fourth-order valence-electron chi connectivity index (χ4n) is 3.37. The summed E-state index contributed by atoms with van der Waals surface area (Å²) in [7, 11) is 3.39. The zero-order valence-electron chi connectivity index (χ0n) is 16.9. The second kappa shape index (κ2) is 10.5. The normalized spacial score (nSPS) is 16.0. The molecule has 0 bridgehead atoms. The Balaban J connectivity index is 1.42. The van der Waals surface area contributed by atoms with Crippen molar-refractivity contribution in [2.75, 3.05) is 39.2 Å². The first kappa shape index (κ1) is 20.7. The molecule has 2 aromatic carbocycles. The zero-order chi connectivity index (χ0) is 20.5. The zero-order valence-corrected chi connectivity index (χ0v) is 16.9. The molecule has 7 nitrogen and oxygen atoms in total.